The fourth-order valence-electron chi connectivity index (χ4n) is 5.71. The third kappa shape index (κ3) is 38.0. The first-order valence-electron chi connectivity index (χ1n) is 20.8. The summed E-state index contributed by atoms with van der Waals surface area (Å²) in [6, 6.07) is 0. The smallest absolute Gasteiger partial charge is 0.462 e. The average Bonchev–Trinajstić information content (AvgIpc) is 3.11. The molecule has 1 unspecified atom stereocenters. The Labute approximate surface area is 312 Å². The first-order chi connectivity index (χ1) is 24.8. The maximum atomic E-state index is 12.5. The molecule has 0 aromatic carbocycles. The Balaban J connectivity index is 4.07. The van der Waals surface area contributed by atoms with Crippen molar-refractivity contribution in [1.29, 1.82) is 0 Å². The number of unbranched alkanes of at least 4 members (excludes halogenated alkanes) is 22. The Morgan fingerprint density at radius 3 is 1.51 bits per heavy atom. The highest BCUT2D eigenvalue weighted by atomic mass is 31.2. The van der Waals surface area contributed by atoms with Gasteiger partial charge in [-0.05, 0) is 44.9 Å². The molecule has 0 aromatic rings. The number of phosphoric ester groups is 1. The quantitative estimate of drug-likeness (QED) is 0.0273. The summed E-state index contributed by atoms with van der Waals surface area (Å²) >= 11 is 0. The van der Waals surface area contributed by atoms with Crippen LogP contribution in [0.2, 0.25) is 0 Å². The van der Waals surface area contributed by atoms with Crippen molar-refractivity contribution < 1.29 is 37.6 Å². The number of phosphoric acid groups is 1. The summed E-state index contributed by atoms with van der Waals surface area (Å²) < 4.78 is 32.5. The van der Waals surface area contributed by atoms with Gasteiger partial charge in [0, 0.05) is 19.4 Å². The SMILES string of the molecule is CCCCCCCCCCCCCCCC/C=C/CC/C=C/CCCC(=O)O[C@H](COC(=O)CCCCCCCCC)COP(=O)(O)OCCN. The zero-order valence-electron chi connectivity index (χ0n) is 32.8. The minimum absolute atomic E-state index is 0.0489. The molecule has 0 spiro atoms. The lowest BCUT2D eigenvalue weighted by molar-refractivity contribution is -0.161. The van der Waals surface area contributed by atoms with Crippen LogP contribution in [-0.2, 0) is 32.7 Å². The molecule has 0 aliphatic heterocycles. The van der Waals surface area contributed by atoms with Crippen LogP contribution in [0, 0.1) is 0 Å². The van der Waals surface area contributed by atoms with Crippen molar-refractivity contribution in [2.24, 2.45) is 5.73 Å². The van der Waals surface area contributed by atoms with E-state index in [9.17, 15) is 19.0 Å². The van der Waals surface area contributed by atoms with Crippen LogP contribution < -0.4 is 5.73 Å². The topological polar surface area (TPSA) is 134 Å². The first kappa shape index (κ1) is 49.5. The maximum absolute atomic E-state index is 12.5. The van der Waals surface area contributed by atoms with Gasteiger partial charge in [0.25, 0.3) is 0 Å². The van der Waals surface area contributed by atoms with E-state index in [1.54, 1.807) is 0 Å². The van der Waals surface area contributed by atoms with Crippen LogP contribution in [0.1, 0.15) is 194 Å². The van der Waals surface area contributed by atoms with Crippen LogP contribution in [-0.4, -0.2) is 49.3 Å². The van der Waals surface area contributed by atoms with E-state index >= 15 is 0 Å². The molecule has 51 heavy (non-hydrogen) atoms. The van der Waals surface area contributed by atoms with Gasteiger partial charge in [-0.1, -0.05) is 160 Å². The number of carbonyl (C=O) groups is 2. The molecule has 0 heterocycles. The van der Waals surface area contributed by atoms with Crippen LogP contribution in [0.4, 0.5) is 0 Å². The monoisotopic (exact) mass is 744 g/mol. The molecule has 3 N–H and O–H groups in total. The lowest BCUT2D eigenvalue weighted by Gasteiger charge is -2.19. The second-order valence-corrected chi connectivity index (χ2v) is 15.3. The minimum atomic E-state index is -4.37. The number of carbonyl (C=O) groups excluding carboxylic acids is 2. The molecule has 0 rings (SSSR count). The third-order valence-electron chi connectivity index (χ3n) is 8.82. The normalized spacial score (nSPS) is 13.6. The van der Waals surface area contributed by atoms with Crippen molar-refractivity contribution in [3.8, 4) is 0 Å². The molecular weight excluding hydrogens is 665 g/mol. The summed E-state index contributed by atoms with van der Waals surface area (Å²) in [5.74, 6) is -0.881. The average molecular weight is 744 g/mol. The summed E-state index contributed by atoms with van der Waals surface area (Å²) in [6.45, 7) is 3.64. The largest absolute Gasteiger partial charge is 0.472 e. The number of ether oxygens (including phenoxy) is 2. The van der Waals surface area contributed by atoms with Gasteiger partial charge in [0.2, 0.25) is 0 Å². The van der Waals surface area contributed by atoms with Gasteiger partial charge >= 0.3 is 19.8 Å². The van der Waals surface area contributed by atoms with Gasteiger partial charge in [-0.25, -0.2) is 4.57 Å². The molecule has 10 heteroatoms. The third-order valence-corrected chi connectivity index (χ3v) is 9.80. The predicted molar refractivity (Wildman–Crippen MR) is 211 cm³/mol. The summed E-state index contributed by atoms with van der Waals surface area (Å²) in [7, 11) is -4.37. The van der Waals surface area contributed by atoms with Gasteiger partial charge < -0.3 is 20.1 Å². The molecule has 0 aliphatic rings. The number of nitrogens with two attached hydrogens (primary N) is 1. The van der Waals surface area contributed by atoms with Gasteiger partial charge in [-0.2, -0.15) is 0 Å². The number of rotatable bonds is 39. The molecule has 0 saturated carbocycles. The van der Waals surface area contributed by atoms with Crippen molar-refractivity contribution in [2.45, 2.75) is 200 Å². The molecule has 0 radical (unpaired) electrons. The predicted octanol–water partition coefficient (Wildman–Crippen LogP) is 11.6. The van der Waals surface area contributed by atoms with E-state index in [2.05, 4.69) is 38.2 Å². The zero-order chi connectivity index (χ0) is 37.5. The Kier molecular flexibility index (Phi) is 37.1. The van der Waals surface area contributed by atoms with Gasteiger partial charge in [-0.15, -0.1) is 0 Å². The summed E-state index contributed by atoms with van der Waals surface area (Å²) in [6.07, 6.45) is 39.7. The highest BCUT2D eigenvalue weighted by Crippen LogP contribution is 2.43. The molecule has 2 atom stereocenters. The maximum Gasteiger partial charge on any atom is 0.472 e. The van der Waals surface area contributed by atoms with Crippen LogP contribution >= 0.6 is 7.82 Å². The molecule has 0 aliphatic carbocycles. The molecule has 300 valence electrons. The number of allylic oxidation sites excluding steroid dienone is 4. The second kappa shape index (κ2) is 38.2. The number of hydrogen-bond donors (Lipinski definition) is 2. The summed E-state index contributed by atoms with van der Waals surface area (Å²) in [5.41, 5.74) is 5.32. The van der Waals surface area contributed by atoms with E-state index in [0.717, 1.165) is 44.9 Å². The fraction of sp³-hybridized carbons (Fsp3) is 0.854. The van der Waals surface area contributed by atoms with Crippen molar-refractivity contribution in [3.63, 3.8) is 0 Å². The molecular formula is C41H78NO8P. The molecule has 0 amide bonds. The second-order valence-electron chi connectivity index (χ2n) is 13.8. The Morgan fingerprint density at radius 2 is 1.00 bits per heavy atom. The molecule has 0 saturated heterocycles. The van der Waals surface area contributed by atoms with Gasteiger partial charge in [0.15, 0.2) is 6.10 Å². The fourth-order valence-corrected chi connectivity index (χ4v) is 6.48. The van der Waals surface area contributed by atoms with Crippen LogP contribution in [0.15, 0.2) is 24.3 Å². The van der Waals surface area contributed by atoms with E-state index in [-0.39, 0.29) is 32.6 Å². The van der Waals surface area contributed by atoms with E-state index in [1.807, 2.05) is 0 Å². The van der Waals surface area contributed by atoms with Gasteiger partial charge in [-0.3, -0.25) is 18.6 Å². The van der Waals surface area contributed by atoms with Crippen molar-refractivity contribution in [3.05, 3.63) is 24.3 Å². The highest BCUT2D eigenvalue weighted by Gasteiger charge is 2.25. The summed E-state index contributed by atoms with van der Waals surface area (Å²) in [5, 5.41) is 0. The molecule has 0 fully saturated rings. The Bertz CT molecular complexity index is 897. The Morgan fingerprint density at radius 1 is 0.569 bits per heavy atom. The minimum Gasteiger partial charge on any atom is -0.462 e. The van der Waals surface area contributed by atoms with Crippen molar-refractivity contribution in [1.82, 2.24) is 0 Å². The van der Waals surface area contributed by atoms with Gasteiger partial charge in [0.05, 0.1) is 13.2 Å². The van der Waals surface area contributed by atoms with E-state index in [1.165, 1.54) is 116 Å². The molecule has 9 nitrogen and oxygen atoms in total. The standard InChI is InChI=1S/C41H78NO8P/c1-3-5-7-9-11-12-13-14-15-16-17-18-19-20-21-22-23-24-25-26-28-30-32-34-41(44)50-39(38-49-51(45,46)48-36-35-42)37-47-40(43)33-31-29-27-10-8-6-4-2/h22-23,26,28,39H,3-21,24-25,27,29-38,42H2,1-2H3,(H,45,46)/b23-22+,28-26+/t39-/m1/s1. The van der Waals surface area contributed by atoms with Crippen LogP contribution in [0.5, 0.6) is 0 Å². The van der Waals surface area contributed by atoms with Crippen molar-refractivity contribution in [2.75, 3.05) is 26.4 Å². The van der Waals surface area contributed by atoms with Crippen LogP contribution in [0.25, 0.3) is 0 Å². The lowest BCUT2D eigenvalue weighted by atomic mass is 10.0. The number of esters is 2. The molecule has 0 bridgehead atoms. The number of hydrogen-bond acceptors (Lipinski definition) is 8. The zero-order valence-corrected chi connectivity index (χ0v) is 33.7. The van der Waals surface area contributed by atoms with E-state index < -0.39 is 32.5 Å². The Hall–Kier alpha value is -1.51. The highest BCUT2D eigenvalue weighted by molar-refractivity contribution is 7.47. The lowest BCUT2D eigenvalue weighted by Crippen LogP contribution is -2.29. The molecule has 0 aromatic heterocycles. The van der Waals surface area contributed by atoms with E-state index in [0.29, 0.717) is 6.42 Å². The first-order valence-corrected chi connectivity index (χ1v) is 22.3. The van der Waals surface area contributed by atoms with E-state index in [4.69, 9.17) is 24.3 Å². The van der Waals surface area contributed by atoms with Crippen LogP contribution in [0.3, 0.4) is 0 Å². The van der Waals surface area contributed by atoms with Gasteiger partial charge in [0.1, 0.15) is 6.61 Å². The van der Waals surface area contributed by atoms with Crippen molar-refractivity contribution >= 4 is 19.8 Å². The summed E-state index contributed by atoms with van der Waals surface area (Å²) in [4.78, 5) is 34.6.